The van der Waals surface area contributed by atoms with Crippen molar-refractivity contribution in [3.63, 3.8) is 0 Å². The number of nitrogens with zero attached hydrogens (tertiary/aromatic N) is 5. The quantitative estimate of drug-likeness (QED) is 0.427. The first-order valence-electron chi connectivity index (χ1n) is 8.74. The van der Waals surface area contributed by atoms with Crippen LogP contribution in [0.1, 0.15) is 11.4 Å². The highest BCUT2D eigenvalue weighted by atomic mass is 35.5. The third-order valence-corrected chi connectivity index (χ3v) is 4.13. The number of halogens is 1. The molecule has 2 aromatic heterocycles. The van der Waals surface area contributed by atoms with E-state index in [1.54, 1.807) is 47.6 Å². The molecule has 0 radical (unpaired) electrons. The van der Waals surface area contributed by atoms with E-state index in [9.17, 15) is 9.59 Å². The minimum atomic E-state index is -0.641. The third-order valence-electron chi connectivity index (χ3n) is 4.13. The maximum absolute atomic E-state index is 12.4. The van der Waals surface area contributed by atoms with Crippen molar-refractivity contribution in [3.8, 4) is 0 Å². The zero-order valence-electron chi connectivity index (χ0n) is 15.5. The molecule has 1 saturated heterocycles. The Morgan fingerprint density at radius 2 is 1.59 bits per heavy atom. The zero-order valence-corrected chi connectivity index (χ0v) is 16.3. The van der Waals surface area contributed by atoms with E-state index in [1.807, 2.05) is 4.90 Å². The van der Waals surface area contributed by atoms with E-state index < -0.39 is 5.91 Å². The second-order valence-electron chi connectivity index (χ2n) is 5.99. The number of carbonyl (C=O) groups is 2. The van der Waals surface area contributed by atoms with Crippen LogP contribution in [-0.2, 0) is 9.59 Å². The molecule has 3 heterocycles. The first-order chi connectivity index (χ1) is 13.7. The van der Waals surface area contributed by atoms with Gasteiger partial charge in [0.05, 0.1) is 11.4 Å². The fraction of sp³-hybridized carbons (Fsp3) is 0.211. The fourth-order valence-electron chi connectivity index (χ4n) is 2.70. The van der Waals surface area contributed by atoms with E-state index in [-0.39, 0.29) is 18.3 Å². The molecule has 152 valence electrons. The van der Waals surface area contributed by atoms with Crippen molar-refractivity contribution in [2.75, 3.05) is 31.1 Å². The number of rotatable bonds is 5. The van der Waals surface area contributed by atoms with Gasteiger partial charge < -0.3 is 9.80 Å². The Hall–Kier alpha value is -3.30. The fourth-order valence-corrected chi connectivity index (χ4v) is 2.70. The van der Waals surface area contributed by atoms with Crippen molar-refractivity contribution in [1.82, 2.24) is 25.3 Å². The van der Waals surface area contributed by atoms with Crippen LogP contribution in [-0.4, -0.2) is 63.1 Å². The topological polar surface area (TPSA) is 112 Å². The summed E-state index contributed by atoms with van der Waals surface area (Å²) in [5, 5.41) is 8.48. The van der Waals surface area contributed by atoms with E-state index >= 15 is 0 Å². The molecule has 3 rings (SSSR count). The molecule has 10 heteroatoms. The Labute approximate surface area is 174 Å². The summed E-state index contributed by atoms with van der Waals surface area (Å²) in [6, 6.07) is 7.02. The summed E-state index contributed by atoms with van der Waals surface area (Å²) < 4.78 is 0. The number of hydrogen-bond acceptors (Lipinski definition) is 7. The standard InChI is InChI=1S/C19H20N6O3.ClH/c26-17(23-28)7-5-15-3-1-4-16(22-15)6-8-18(27)24-11-13-25(14-12-24)19-20-9-2-10-21-19;/h1-10,28H,11-14H2,(H,23,26);1H. The van der Waals surface area contributed by atoms with Crippen LogP contribution in [0, 0.1) is 0 Å². The van der Waals surface area contributed by atoms with Gasteiger partial charge in [-0.3, -0.25) is 14.8 Å². The van der Waals surface area contributed by atoms with Crippen LogP contribution >= 0.6 is 12.4 Å². The molecule has 0 aliphatic carbocycles. The van der Waals surface area contributed by atoms with Crippen molar-refractivity contribution in [2.45, 2.75) is 0 Å². The maximum Gasteiger partial charge on any atom is 0.267 e. The Balaban J connectivity index is 0.00000300. The van der Waals surface area contributed by atoms with Gasteiger partial charge in [-0.1, -0.05) is 6.07 Å². The smallest absolute Gasteiger partial charge is 0.267 e. The molecule has 2 N–H and O–H groups in total. The van der Waals surface area contributed by atoms with E-state index in [2.05, 4.69) is 15.0 Å². The molecule has 1 aliphatic heterocycles. The van der Waals surface area contributed by atoms with Crippen molar-refractivity contribution in [2.24, 2.45) is 0 Å². The molecule has 0 saturated carbocycles. The molecule has 0 spiro atoms. The van der Waals surface area contributed by atoms with Crippen LogP contribution < -0.4 is 10.4 Å². The van der Waals surface area contributed by atoms with Crippen molar-refractivity contribution in [1.29, 1.82) is 0 Å². The minimum Gasteiger partial charge on any atom is -0.337 e. The van der Waals surface area contributed by atoms with Gasteiger partial charge in [0.1, 0.15) is 0 Å². The van der Waals surface area contributed by atoms with Gasteiger partial charge in [0.2, 0.25) is 11.9 Å². The SMILES string of the molecule is Cl.O=C(C=Cc1cccc(C=CC(=O)N2CCN(c3ncccn3)CC2)n1)NO. The molecular formula is C19H21ClN6O3. The second-order valence-corrected chi connectivity index (χ2v) is 5.99. The number of hydrogen-bond donors (Lipinski definition) is 2. The van der Waals surface area contributed by atoms with E-state index in [4.69, 9.17) is 5.21 Å². The highest BCUT2D eigenvalue weighted by Gasteiger charge is 2.20. The number of pyridine rings is 1. The first-order valence-corrected chi connectivity index (χ1v) is 8.74. The molecule has 0 bridgehead atoms. The van der Waals surface area contributed by atoms with Crippen LogP contribution in [0.2, 0.25) is 0 Å². The van der Waals surface area contributed by atoms with Crippen LogP contribution in [0.3, 0.4) is 0 Å². The molecule has 0 unspecified atom stereocenters. The summed E-state index contributed by atoms with van der Waals surface area (Å²) in [6.45, 7) is 2.53. The zero-order chi connectivity index (χ0) is 19.8. The van der Waals surface area contributed by atoms with Crippen molar-refractivity contribution >= 4 is 42.3 Å². The lowest BCUT2D eigenvalue weighted by atomic mass is 10.2. The van der Waals surface area contributed by atoms with Gasteiger partial charge in [0.25, 0.3) is 5.91 Å². The lowest BCUT2D eigenvalue weighted by molar-refractivity contribution is -0.126. The van der Waals surface area contributed by atoms with Gasteiger partial charge in [0, 0.05) is 50.7 Å². The van der Waals surface area contributed by atoms with Gasteiger partial charge in [-0.2, -0.15) is 0 Å². The van der Waals surface area contributed by atoms with E-state index in [0.717, 1.165) is 6.08 Å². The third kappa shape index (κ3) is 6.37. The summed E-state index contributed by atoms with van der Waals surface area (Å²) in [4.78, 5) is 40.0. The summed E-state index contributed by atoms with van der Waals surface area (Å²) in [7, 11) is 0. The second kappa shape index (κ2) is 10.9. The minimum absolute atomic E-state index is 0. The average Bonchev–Trinajstić information content (AvgIpc) is 2.76. The van der Waals surface area contributed by atoms with Crippen LogP contribution in [0.4, 0.5) is 5.95 Å². The van der Waals surface area contributed by atoms with Crippen molar-refractivity contribution in [3.05, 3.63) is 60.2 Å². The number of nitrogens with one attached hydrogen (secondary N) is 1. The van der Waals surface area contributed by atoms with Crippen LogP contribution in [0.25, 0.3) is 12.2 Å². The molecule has 2 amide bonds. The molecule has 1 fully saturated rings. The molecule has 0 atom stereocenters. The highest BCUT2D eigenvalue weighted by Crippen LogP contribution is 2.10. The number of carbonyl (C=O) groups excluding carboxylic acids is 2. The Morgan fingerprint density at radius 3 is 2.21 bits per heavy atom. The molecule has 0 aromatic carbocycles. The molecule has 1 aliphatic rings. The maximum atomic E-state index is 12.4. The molecular weight excluding hydrogens is 396 g/mol. The monoisotopic (exact) mass is 416 g/mol. The molecule has 2 aromatic rings. The van der Waals surface area contributed by atoms with Gasteiger partial charge >= 0.3 is 0 Å². The lowest BCUT2D eigenvalue weighted by Gasteiger charge is -2.34. The number of aromatic nitrogens is 3. The van der Waals surface area contributed by atoms with Gasteiger partial charge in [-0.25, -0.2) is 20.4 Å². The van der Waals surface area contributed by atoms with Crippen molar-refractivity contribution < 1.29 is 14.8 Å². The Kier molecular flexibility index (Phi) is 8.26. The van der Waals surface area contributed by atoms with Gasteiger partial charge in [0.15, 0.2) is 0 Å². The first kappa shape index (κ1) is 22.0. The normalized spacial score (nSPS) is 14.1. The summed E-state index contributed by atoms with van der Waals surface area (Å²) in [5.74, 6) is -0.0527. The van der Waals surface area contributed by atoms with Crippen LogP contribution in [0.5, 0.6) is 0 Å². The van der Waals surface area contributed by atoms with E-state index in [0.29, 0.717) is 43.5 Å². The number of anilines is 1. The van der Waals surface area contributed by atoms with Gasteiger partial charge in [-0.05, 0) is 30.4 Å². The molecule has 9 nitrogen and oxygen atoms in total. The number of amides is 2. The summed E-state index contributed by atoms with van der Waals surface area (Å²) >= 11 is 0. The van der Waals surface area contributed by atoms with Crippen LogP contribution in [0.15, 0.2) is 48.8 Å². The number of hydroxylamine groups is 1. The summed E-state index contributed by atoms with van der Waals surface area (Å²) in [5.41, 5.74) is 2.64. The predicted octanol–water partition coefficient (Wildman–Crippen LogP) is 1.17. The highest BCUT2D eigenvalue weighted by molar-refractivity contribution is 5.92. The molecule has 29 heavy (non-hydrogen) atoms. The Morgan fingerprint density at radius 1 is 0.966 bits per heavy atom. The van der Waals surface area contributed by atoms with E-state index in [1.165, 1.54) is 17.6 Å². The Bertz CT molecular complexity index is 883. The average molecular weight is 417 g/mol. The largest absolute Gasteiger partial charge is 0.337 e. The lowest BCUT2D eigenvalue weighted by Crippen LogP contribution is -2.48. The predicted molar refractivity (Wildman–Crippen MR) is 110 cm³/mol. The summed E-state index contributed by atoms with van der Waals surface area (Å²) in [6.07, 6.45) is 9.17. The number of piperazine rings is 1. The van der Waals surface area contributed by atoms with Gasteiger partial charge in [-0.15, -0.1) is 12.4 Å².